The van der Waals surface area contributed by atoms with Gasteiger partial charge in [-0.1, -0.05) is 30.3 Å². The Morgan fingerprint density at radius 3 is 2.71 bits per heavy atom. The third-order valence-electron chi connectivity index (χ3n) is 3.64. The molecule has 0 bridgehead atoms. The number of rotatable bonds is 6. The second kappa shape index (κ2) is 7.79. The molecule has 0 saturated carbocycles. The first-order valence-electron chi connectivity index (χ1n) is 7.57. The van der Waals surface area contributed by atoms with Gasteiger partial charge >= 0.3 is 0 Å². The van der Waals surface area contributed by atoms with Gasteiger partial charge in [0.25, 0.3) is 0 Å². The van der Waals surface area contributed by atoms with Crippen LogP contribution in [0.5, 0.6) is 0 Å². The molecule has 0 aliphatic rings. The lowest BCUT2D eigenvalue weighted by Gasteiger charge is -2.16. The Labute approximate surface area is 145 Å². The zero-order chi connectivity index (χ0) is 16.8. The molecule has 122 valence electrons. The highest BCUT2D eigenvalue weighted by Crippen LogP contribution is 2.22. The lowest BCUT2D eigenvalue weighted by Crippen LogP contribution is -2.23. The molecule has 1 atom stereocenters. The van der Waals surface area contributed by atoms with Gasteiger partial charge in [-0.3, -0.25) is 9.36 Å². The smallest absolute Gasteiger partial charge is 0.232 e. The molecule has 1 unspecified atom stereocenters. The van der Waals surface area contributed by atoms with Gasteiger partial charge in [-0.15, -0.1) is 0 Å². The minimum atomic E-state index is -0.186. The van der Waals surface area contributed by atoms with Crippen LogP contribution in [-0.4, -0.2) is 32.5 Å². The van der Waals surface area contributed by atoms with E-state index < -0.39 is 0 Å². The Hall–Kier alpha value is -2.60. The van der Waals surface area contributed by atoms with Crippen molar-refractivity contribution < 1.29 is 4.79 Å². The highest BCUT2D eigenvalue weighted by molar-refractivity contribution is 7.98. The highest BCUT2D eigenvalue weighted by Gasteiger charge is 2.20. The van der Waals surface area contributed by atoms with Crippen LogP contribution in [0.15, 0.2) is 67.4 Å². The molecule has 0 spiro atoms. The van der Waals surface area contributed by atoms with E-state index in [4.69, 9.17) is 0 Å². The van der Waals surface area contributed by atoms with Gasteiger partial charge in [0, 0.05) is 18.1 Å². The molecule has 0 aliphatic carbocycles. The maximum Gasteiger partial charge on any atom is 0.232 e. The van der Waals surface area contributed by atoms with Crippen molar-refractivity contribution in [1.29, 1.82) is 0 Å². The quantitative estimate of drug-likeness (QED) is 0.749. The van der Waals surface area contributed by atoms with Crippen LogP contribution >= 0.6 is 11.8 Å². The Morgan fingerprint density at radius 1 is 1.25 bits per heavy atom. The molecule has 1 N–H and O–H groups in total. The van der Waals surface area contributed by atoms with Crippen molar-refractivity contribution in [3.05, 3.63) is 72.9 Å². The first kappa shape index (κ1) is 16.3. The van der Waals surface area contributed by atoms with Gasteiger partial charge in [-0.25, -0.2) is 9.97 Å². The molecule has 0 radical (unpaired) electrons. The number of anilines is 1. The van der Waals surface area contributed by atoms with Crippen LogP contribution in [0.25, 0.3) is 5.82 Å². The van der Waals surface area contributed by atoms with Crippen LogP contribution < -0.4 is 5.32 Å². The molecule has 5 nitrogen and oxygen atoms in total. The summed E-state index contributed by atoms with van der Waals surface area (Å²) in [4.78, 5) is 21.0. The van der Waals surface area contributed by atoms with E-state index in [1.54, 1.807) is 30.5 Å². The number of nitrogens with zero attached hydrogens (tertiary/aromatic N) is 3. The molecule has 1 amide bonds. The van der Waals surface area contributed by atoms with E-state index in [1.165, 1.54) is 0 Å². The third-order valence-corrected chi connectivity index (χ3v) is 4.30. The second-order valence-corrected chi connectivity index (χ2v) is 6.19. The number of pyridine rings is 1. The van der Waals surface area contributed by atoms with E-state index in [9.17, 15) is 4.79 Å². The predicted octanol–water partition coefficient (Wildman–Crippen LogP) is 3.35. The molecule has 1 aromatic carbocycles. The van der Waals surface area contributed by atoms with Crippen LogP contribution in [0.3, 0.4) is 0 Å². The summed E-state index contributed by atoms with van der Waals surface area (Å²) in [5.41, 5.74) is 1.71. The summed E-state index contributed by atoms with van der Waals surface area (Å²) in [5.74, 6) is 1.28. The number of hydrogen-bond donors (Lipinski definition) is 1. The number of carbonyl (C=O) groups excluding carboxylic acids is 1. The fourth-order valence-corrected chi connectivity index (χ4v) is 3.09. The van der Waals surface area contributed by atoms with Crippen LogP contribution in [0.1, 0.15) is 11.5 Å². The SMILES string of the molecule is CSCC(C(=O)Nc1ccc(-n2ccnc2)nc1)c1ccccc1. The van der Waals surface area contributed by atoms with Gasteiger partial charge in [-0.05, 0) is 24.0 Å². The summed E-state index contributed by atoms with van der Waals surface area (Å²) in [6.45, 7) is 0. The van der Waals surface area contributed by atoms with E-state index in [-0.39, 0.29) is 11.8 Å². The largest absolute Gasteiger partial charge is 0.324 e. The van der Waals surface area contributed by atoms with Crippen molar-refractivity contribution in [3.8, 4) is 5.82 Å². The Bertz CT molecular complexity index is 773. The summed E-state index contributed by atoms with van der Waals surface area (Å²) < 4.78 is 1.81. The molecule has 0 aliphatic heterocycles. The molecule has 0 saturated heterocycles. The van der Waals surface area contributed by atoms with Crippen molar-refractivity contribution in [2.75, 3.05) is 17.3 Å². The van der Waals surface area contributed by atoms with E-state index in [1.807, 2.05) is 59.5 Å². The summed E-state index contributed by atoms with van der Waals surface area (Å²) in [5, 5.41) is 2.96. The van der Waals surface area contributed by atoms with Crippen LogP contribution in [0.2, 0.25) is 0 Å². The molecule has 0 fully saturated rings. The molecular weight excluding hydrogens is 320 g/mol. The maximum atomic E-state index is 12.6. The van der Waals surface area contributed by atoms with Crippen molar-refractivity contribution >= 4 is 23.4 Å². The first-order valence-corrected chi connectivity index (χ1v) is 8.96. The maximum absolute atomic E-state index is 12.6. The number of aromatic nitrogens is 3. The summed E-state index contributed by atoms with van der Waals surface area (Å²) >= 11 is 1.66. The molecule has 3 rings (SSSR count). The average Bonchev–Trinajstić information content (AvgIpc) is 3.15. The summed E-state index contributed by atoms with van der Waals surface area (Å²) in [7, 11) is 0. The molecule has 3 aromatic rings. The second-order valence-electron chi connectivity index (χ2n) is 5.28. The molecule has 24 heavy (non-hydrogen) atoms. The van der Waals surface area contributed by atoms with Gasteiger partial charge in [0.2, 0.25) is 5.91 Å². The van der Waals surface area contributed by atoms with Crippen molar-refractivity contribution in [2.45, 2.75) is 5.92 Å². The lowest BCUT2D eigenvalue weighted by atomic mass is 10.0. The number of carbonyl (C=O) groups is 1. The van der Waals surface area contributed by atoms with Gasteiger partial charge in [0.05, 0.1) is 17.8 Å². The van der Waals surface area contributed by atoms with E-state index in [2.05, 4.69) is 15.3 Å². The minimum Gasteiger partial charge on any atom is -0.324 e. The Morgan fingerprint density at radius 2 is 2.08 bits per heavy atom. The average molecular weight is 338 g/mol. The number of nitrogens with one attached hydrogen (secondary N) is 1. The van der Waals surface area contributed by atoms with Crippen molar-refractivity contribution in [1.82, 2.24) is 14.5 Å². The summed E-state index contributed by atoms with van der Waals surface area (Å²) in [6.07, 6.45) is 8.87. The summed E-state index contributed by atoms with van der Waals surface area (Å²) in [6, 6.07) is 13.5. The normalized spacial score (nSPS) is 11.9. The standard InChI is InChI=1S/C18H18N4OS/c1-24-12-16(14-5-3-2-4-6-14)18(23)21-15-7-8-17(20-11-15)22-10-9-19-13-22/h2-11,13,16H,12H2,1H3,(H,21,23). The molecule has 2 heterocycles. The van der Waals surface area contributed by atoms with Crippen molar-refractivity contribution in [3.63, 3.8) is 0 Å². The molecule has 2 aromatic heterocycles. The van der Waals surface area contributed by atoms with Gasteiger partial charge in [0.1, 0.15) is 12.1 Å². The zero-order valence-electron chi connectivity index (χ0n) is 13.3. The predicted molar refractivity (Wildman–Crippen MR) is 97.6 cm³/mol. The van der Waals surface area contributed by atoms with Crippen LogP contribution in [0, 0.1) is 0 Å². The van der Waals surface area contributed by atoms with E-state index >= 15 is 0 Å². The lowest BCUT2D eigenvalue weighted by molar-refractivity contribution is -0.117. The van der Waals surface area contributed by atoms with Crippen molar-refractivity contribution in [2.24, 2.45) is 0 Å². The van der Waals surface area contributed by atoms with Gasteiger partial charge in [-0.2, -0.15) is 11.8 Å². The van der Waals surface area contributed by atoms with Crippen LogP contribution in [-0.2, 0) is 4.79 Å². The van der Waals surface area contributed by atoms with E-state index in [0.29, 0.717) is 5.69 Å². The number of imidazole rings is 1. The van der Waals surface area contributed by atoms with Crippen LogP contribution in [0.4, 0.5) is 5.69 Å². The first-order chi connectivity index (χ1) is 11.8. The molecular formula is C18H18N4OS. The number of amides is 1. The number of benzene rings is 1. The monoisotopic (exact) mass is 338 g/mol. The fraction of sp³-hybridized carbons (Fsp3) is 0.167. The Balaban J connectivity index is 1.73. The minimum absolute atomic E-state index is 0.0206. The topological polar surface area (TPSA) is 59.8 Å². The number of thioether (sulfide) groups is 1. The van der Waals surface area contributed by atoms with Gasteiger partial charge in [0.15, 0.2) is 0 Å². The van der Waals surface area contributed by atoms with E-state index in [0.717, 1.165) is 17.1 Å². The third kappa shape index (κ3) is 3.83. The highest BCUT2D eigenvalue weighted by atomic mass is 32.2. The molecule has 6 heteroatoms. The fourth-order valence-electron chi connectivity index (χ4n) is 2.41. The van der Waals surface area contributed by atoms with Gasteiger partial charge < -0.3 is 5.32 Å². The zero-order valence-corrected chi connectivity index (χ0v) is 14.1. The number of hydrogen-bond acceptors (Lipinski definition) is 4. The Kier molecular flexibility index (Phi) is 5.28.